The molecule has 0 amide bonds. The van der Waals surface area contributed by atoms with Crippen molar-refractivity contribution >= 4 is 17.5 Å². The molecule has 0 aliphatic carbocycles. The molecule has 4 rings (SSSR count). The molecule has 0 atom stereocenters. The first kappa shape index (κ1) is 16.5. The minimum absolute atomic E-state index is 0.936. The molecule has 3 aromatic rings. The molecule has 1 heterocycles. The molecule has 130 valence electrons. The highest BCUT2D eigenvalue weighted by atomic mass is 16.5. The van der Waals surface area contributed by atoms with Gasteiger partial charge in [-0.3, -0.25) is 0 Å². The average molecular weight is 341 g/mol. The predicted molar refractivity (Wildman–Crippen MR) is 109 cm³/mol. The molecule has 0 saturated heterocycles. The van der Waals surface area contributed by atoms with Gasteiger partial charge in [0.1, 0.15) is 0 Å². The standard InChI is InChI=1S/C24H23NO/c1-2-19-14-16-20(17-15-19)9-7-8-18-25-21-10-3-5-12-23(21)26-24-13-6-4-11-22(24)25/h2-6,10-17H,1,7-9,18H2. The van der Waals surface area contributed by atoms with Gasteiger partial charge < -0.3 is 9.64 Å². The number of unbranched alkanes of at least 4 members (excludes halogenated alkanes) is 1. The second-order valence-electron chi connectivity index (χ2n) is 6.59. The fourth-order valence-electron chi connectivity index (χ4n) is 3.44. The van der Waals surface area contributed by atoms with Crippen molar-refractivity contribution in [3.63, 3.8) is 0 Å². The number of aryl methyl sites for hydroxylation is 1. The van der Waals surface area contributed by atoms with Crippen LogP contribution >= 0.6 is 0 Å². The van der Waals surface area contributed by atoms with Gasteiger partial charge in [0.15, 0.2) is 11.5 Å². The van der Waals surface area contributed by atoms with Crippen LogP contribution in [0.15, 0.2) is 79.4 Å². The number of hydrogen-bond donors (Lipinski definition) is 0. The zero-order chi connectivity index (χ0) is 17.8. The molecule has 0 radical (unpaired) electrons. The third-order valence-electron chi connectivity index (χ3n) is 4.84. The lowest BCUT2D eigenvalue weighted by molar-refractivity contribution is 0.472. The fraction of sp³-hybridized carbons (Fsp3) is 0.167. The molecule has 1 aliphatic rings. The van der Waals surface area contributed by atoms with Gasteiger partial charge in [-0.15, -0.1) is 0 Å². The lowest BCUT2D eigenvalue weighted by atomic mass is 10.1. The Morgan fingerprint density at radius 2 is 1.38 bits per heavy atom. The molecular weight excluding hydrogens is 318 g/mol. The van der Waals surface area contributed by atoms with Crippen molar-refractivity contribution in [2.45, 2.75) is 19.3 Å². The van der Waals surface area contributed by atoms with E-state index in [1.54, 1.807) is 0 Å². The summed E-state index contributed by atoms with van der Waals surface area (Å²) in [4.78, 5) is 2.38. The lowest BCUT2D eigenvalue weighted by Crippen LogP contribution is -2.22. The van der Waals surface area contributed by atoms with Crippen molar-refractivity contribution in [3.05, 3.63) is 90.5 Å². The Labute approximate surface area is 155 Å². The van der Waals surface area contributed by atoms with Gasteiger partial charge in [0.05, 0.1) is 11.4 Å². The Hall–Kier alpha value is -3.00. The highest BCUT2D eigenvalue weighted by Crippen LogP contribution is 2.46. The van der Waals surface area contributed by atoms with Crippen LogP contribution in [-0.4, -0.2) is 6.54 Å². The monoisotopic (exact) mass is 341 g/mol. The highest BCUT2D eigenvalue weighted by Gasteiger charge is 2.22. The van der Waals surface area contributed by atoms with E-state index in [1.807, 2.05) is 30.3 Å². The molecule has 0 bridgehead atoms. The normalized spacial score (nSPS) is 12.1. The average Bonchev–Trinajstić information content (AvgIpc) is 2.71. The number of ether oxygens (including phenoxy) is 1. The number of nitrogens with zero attached hydrogens (tertiary/aromatic N) is 1. The zero-order valence-corrected chi connectivity index (χ0v) is 14.9. The maximum absolute atomic E-state index is 6.06. The SMILES string of the molecule is C=Cc1ccc(CCCCN2c3ccccc3Oc3ccccc32)cc1. The Kier molecular flexibility index (Phi) is 4.74. The quantitative estimate of drug-likeness (QED) is 0.469. The van der Waals surface area contributed by atoms with Gasteiger partial charge in [-0.25, -0.2) is 0 Å². The zero-order valence-electron chi connectivity index (χ0n) is 14.9. The molecule has 2 nitrogen and oxygen atoms in total. The van der Waals surface area contributed by atoms with E-state index >= 15 is 0 Å². The number of rotatable bonds is 6. The Morgan fingerprint density at radius 3 is 2.00 bits per heavy atom. The summed E-state index contributed by atoms with van der Waals surface area (Å²) in [5, 5.41) is 0. The largest absolute Gasteiger partial charge is 0.453 e. The van der Waals surface area contributed by atoms with E-state index in [1.165, 1.54) is 11.1 Å². The van der Waals surface area contributed by atoms with E-state index in [9.17, 15) is 0 Å². The number of para-hydroxylation sites is 4. The number of anilines is 2. The van der Waals surface area contributed by atoms with Gasteiger partial charge in [-0.2, -0.15) is 0 Å². The summed E-state index contributed by atoms with van der Waals surface area (Å²) in [6.07, 6.45) is 5.28. The van der Waals surface area contributed by atoms with Crippen molar-refractivity contribution in [2.75, 3.05) is 11.4 Å². The molecule has 1 aliphatic heterocycles. The van der Waals surface area contributed by atoms with Crippen LogP contribution in [0, 0.1) is 0 Å². The summed E-state index contributed by atoms with van der Waals surface area (Å²) >= 11 is 0. The Balaban J connectivity index is 1.43. The third kappa shape index (κ3) is 3.36. The van der Waals surface area contributed by atoms with Crippen molar-refractivity contribution < 1.29 is 4.74 Å². The molecule has 0 saturated carbocycles. The molecule has 0 aromatic heterocycles. The van der Waals surface area contributed by atoms with Crippen LogP contribution < -0.4 is 9.64 Å². The summed E-state index contributed by atoms with van der Waals surface area (Å²) in [6.45, 7) is 4.80. The fourth-order valence-corrected chi connectivity index (χ4v) is 3.44. The summed E-state index contributed by atoms with van der Waals surface area (Å²) in [5.74, 6) is 1.87. The summed E-state index contributed by atoms with van der Waals surface area (Å²) in [5.41, 5.74) is 4.87. The first-order valence-corrected chi connectivity index (χ1v) is 9.20. The maximum atomic E-state index is 6.06. The minimum atomic E-state index is 0.936. The van der Waals surface area contributed by atoms with E-state index in [0.717, 1.165) is 48.7 Å². The molecule has 26 heavy (non-hydrogen) atoms. The molecule has 0 unspecified atom stereocenters. The highest BCUT2D eigenvalue weighted by molar-refractivity contribution is 5.77. The predicted octanol–water partition coefficient (Wildman–Crippen LogP) is 6.60. The molecule has 2 heteroatoms. The van der Waals surface area contributed by atoms with Crippen LogP contribution in [0.2, 0.25) is 0 Å². The Morgan fingerprint density at radius 1 is 0.769 bits per heavy atom. The molecule has 0 spiro atoms. The van der Waals surface area contributed by atoms with E-state index in [-0.39, 0.29) is 0 Å². The first-order valence-electron chi connectivity index (χ1n) is 9.20. The molecule has 0 N–H and O–H groups in total. The van der Waals surface area contributed by atoms with Crippen molar-refractivity contribution in [2.24, 2.45) is 0 Å². The molecule has 0 fully saturated rings. The Bertz CT molecular complexity index is 853. The number of hydrogen-bond acceptors (Lipinski definition) is 2. The molecular formula is C24H23NO. The van der Waals surface area contributed by atoms with E-state index in [2.05, 4.69) is 60.0 Å². The van der Waals surface area contributed by atoms with Gasteiger partial charge in [-0.1, -0.05) is 61.2 Å². The van der Waals surface area contributed by atoms with E-state index in [4.69, 9.17) is 4.74 Å². The lowest BCUT2D eigenvalue weighted by Gasteiger charge is -2.32. The van der Waals surface area contributed by atoms with Gasteiger partial charge >= 0.3 is 0 Å². The van der Waals surface area contributed by atoms with Crippen LogP contribution in [0.1, 0.15) is 24.0 Å². The van der Waals surface area contributed by atoms with Crippen molar-refractivity contribution in [3.8, 4) is 11.5 Å². The third-order valence-corrected chi connectivity index (χ3v) is 4.84. The van der Waals surface area contributed by atoms with Crippen LogP contribution in [-0.2, 0) is 6.42 Å². The number of benzene rings is 3. The van der Waals surface area contributed by atoms with Crippen LogP contribution in [0.4, 0.5) is 11.4 Å². The van der Waals surface area contributed by atoms with E-state index in [0.29, 0.717) is 0 Å². The second kappa shape index (κ2) is 7.49. The van der Waals surface area contributed by atoms with Gasteiger partial charge in [0, 0.05) is 6.54 Å². The van der Waals surface area contributed by atoms with Gasteiger partial charge in [0.2, 0.25) is 0 Å². The van der Waals surface area contributed by atoms with Gasteiger partial charge in [-0.05, 0) is 54.7 Å². The van der Waals surface area contributed by atoms with Crippen LogP contribution in [0.3, 0.4) is 0 Å². The number of fused-ring (bicyclic) bond motifs is 2. The maximum Gasteiger partial charge on any atom is 0.151 e. The van der Waals surface area contributed by atoms with Crippen LogP contribution in [0.25, 0.3) is 6.08 Å². The summed E-state index contributed by atoms with van der Waals surface area (Å²) in [7, 11) is 0. The minimum Gasteiger partial charge on any atom is -0.453 e. The molecule has 3 aromatic carbocycles. The smallest absolute Gasteiger partial charge is 0.151 e. The first-order chi connectivity index (χ1) is 12.8. The topological polar surface area (TPSA) is 12.5 Å². The van der Waals surface area contributed by atoms with Crippen molar-refractivity contribution in [1.29, 1.82) is 0 Å². The van der Waals surface area contributed by atoms with Gasteiger partial charge in [0.25, 0.3) is 0 Å². The van der Waals surface area contributed by atoms with E-state index < -0.39 is 0 Å². The summed E-state index contributed by atoms with van der Waals surface area (Å²) in [6, 6.07) is 25.2. The van der Waals surface area contributed by atoms with Crippen LogP contribution in [0.5, 0.6) is 11.5 Å². The summed E-state index contributed by atoms with van der Waals surface area (Å²) < 4.78 is 6.06. The van der Waals surface area contributed by atoms with Crippen molar-refractivity contribution in [1.82, 2.24) is 0 Å². The second-order valence-corrected chi connectivity index (χ2v) is 6.59.